The summed E-state index contributed by atoms with van der Waals surface area (Å²) in [6.45, 7) is 1.85. The van der Waals surface area contributed by atoms with Crippen LogP contribution < -0.4 is 4.90 Å². The number of ether oxygens (including phenoxy) is 1. The minimum absolute atomic E-state index is 0.0331. The van der Waals surface area contributed by atoms with Gasteiger partial charge in [0.25, 0.3) is 0 Å². The number of carbonyl (C=O) groups is 1. The summed E-state index contributed by atoms with van der Waals surface area (Å²) in [6, 6.07) is 5.44. The molecule has 10 heteroatoms. The molecule has 1 aromatic rings. The topological polar surface area (TPSA) is 57.5 Å². The van der Waals surface area contributed by atoms with Gasteiger partial charge in [0.05, 0.1) is 12.8 Å². The molecule has 0 amide bonds. The average Bonchev–Trinajstić information content (AvgIpc) is 2.91. The van der Waals surface area contributed by atoms with E-state index < -0.39 is 17.8 Å². The molecule has 2 heterocycles. The fourth-order valence-electron chi connectivity index (χ4n) is 2.63. The van der Waals surface area contributed by atoms with Crippen LogP contribution in [0.1, 0.15) is 5.56 Å². The van der Waals surface area contributed by atoms with Crippen molar-refractivity contribution in [2.45, 2.75) is 23.7 Å². The number of hydrogen-bond donors (Lipinski definition) is 0. The number of fused-ring (bicyclic) bond motifs is 3. The van der Waals surface area contributed by atoms with Crippen LogP contribution in [0.4, 0.5) is 18.9 Å². The molecule has 1 atom stereocenters. The number of amidine groups is 1. The van der Waals surface area contributed by atoms with Gasteiger partial charge in [-0.25, -0.2) is 14.8 Å². The first-order valence-electron chi connectivity index (χ1n) is 7.22. The Labute approximate surface area is 146 Å². The van der Waals surface area contributed by atoms with Crippen LogP contribution in [0.25, 0.3) is 0 Å². The molecule has 134 valence electrons. The summed E-state index contributed by atoms with van der Waals surface area (Å²) in [7, 11) is 4.00. The Morgan fingerprint density at radius 3 is 2.56 bits per heavy atom. The average molecular weight is 372 g/mol. The van der Waals surface area contributed by atoms with E-state index in [4.69, 9.17) is 0 Å². The highest BCUT2D eigenvalue weighted by molar-refractivity contribution is 8.15. The first-order valence-corrected chi connectivity index (χ1v) is 8.04. The Balaban J connectivity index is 2.27. The summed E-state index contributed by atoms with van der Waals surface area (Å²) in [5, 5.41) is 0.0331. The monoisotopic (exact) mass is 372 g/mol. The number of methoxy groups -OCH3 is 1. The maximum atomic E-state index is 13.8. The molecular formula is C15H15F3N4O2S. The van der Waals surface area contributed by atoms with Crippen molar-refractivity contribution in [1.82, 2.24) is 4.90 Å². The molecule has 0 aromatic heterocycles. The molecule has 0 aliphatic carbocycles. The van der Waals surface area contributed by atoms with Crippen molar-refractivity contribution in [2.75, 3.05) is 26.1 Å². The number of aliphatic imine (C=N–C) groups is 2. The van der Waals surface area contributed by atoms with E-state index in [1.165, 1.54) is 9.80 Å². The number of benzene rings is 1. The largest absolute Gasteiger partial charge is 0.465 e. The lowest BCUT2D eigenvalue weighted by Gasteiger charge is -2.36. The second-order valence-corrected chi connectivity index (χ2v) is 6.73. The summed E-state index contributed by atoms with van der Waals surface area (Å²) < 4.78 is 45.7. The highest BCUT2D eigenvalue weighted by Gasteiger charge is 2.65. The fraction of sp³-hybridized carbons (Fsp3) is 0.400. The van der Waals surface area contributed by atoms with Gasteiger partial charge in [-0.3, -0.25) is 4.90 Å². The van der Waals surface area contributed by atoms with Gasteiger partial charge in [-0.05, 0) is 30.3 Å². The van der Waals surface area contributed by atoms with E-state index in [-0.39, 0.29) is 11.1 Å². The van der Waals surface area contributed by atoms with E-state index in [2.05, 4.69) is 14.7 Å². The van der Waals surface area contributed by atoms with E-state index in [9.17, 15) is 18.0 Å². The lowest BCUT2D eigenvalue weighted by atomic mass is 10.1. The van der Waals surface area contributed by atoms with Crippen LogP contribution in [0.2, 0.25) is 0 Å². The van der Waals surface area contributed by atoms with Crippen molar-refractivity contribution in [1.29, 1.82) is 0 Å². The molecule has 0 saturated heterocycles. The summed E-state index contributed by atoms with van der Waals surface area (Å²) in [4.78, 5) is 23.1. The van der Waals surface area contributed by atoms with Gasteiger partial charge in [-0.15, -0.1) is 0 Å². The molecule has 0 spiro atoms. The van der Waals surface area contributed by atoms with Crippen molar-refractivity contribution in [3.63, 3.8) is 0 Å². The van der Waals surface area contributed by atoms with Gasteiger partial charge < -0.3 is 9.64 Å². The molecule has 2 aliphatic heterocycles. The van der Waals surface area contributed by atoms with Crippen molar-refractivity contribution >= 4 is 34.5 Å². The first-order chi connectivity index (χ1) is 11.6. The predicted molar refractivity (Wildman–Crippen MR) is 88.9 cm³/mol. The molecule has 3 rings (SSSR count). The Morgan fingerprint density at radius 1 is 1.32 bits per heavy atom. The van der Waals surface area contributed by atoms with Crippen LogP contribution >= 0.6 is 11.8 Å². The van der Waals surface area contributed by atoms with Gasteiger partial charge in [0.1, 0.15) is 0 Å². The lowest BCUT2D eigenvalue weighted by molar-refractivity contribution is -0.201. The number of anilines is 1. The first kappa shape index (κ1) is 17.6. The third-order valence-electron chi connectivity index (χ3n) is 3.80. The molecule has 0 bridgehead atoms. The molecule has 2 aliphatic rings. The SMILES string of the molecule is COC(=O)C1(C(F)(F)F)N=C2Sc3cccc(C)c3N2C(N(C)C)=N1. The molecule has 0 radical (unpaired) electrons. The summed E-state index contributed by atoms with van der Waals surface area (Å²) >= 11 is 1.06. The summed E-state index contributed by atoms with van der Waals surface area (Å²) in [5.74, 6) is -1.60. The normalized spacial score (nSPS) is 22.0. The van der Waals surface area contributed by atoms with Crippen molar-refractivity contribution < 1.29 is 22.7 Å². The van der Waals surface area contributed by atoms with Gasteiger partial charge >= 0.3 is 17.8 Å². The number of rotatable bonds is 1. The zero-order valence-electron chi connectivity index (χ0n) is 13.9. The van der Waals surface area contributed by atoms with Crippen molar-refractivity contribution in [3.05, 3.63) is 23.8 Å². The van der Waals surface area contributed by atoms with Crippen LogP contribution in [-0.2, 0) is 9.53 Å². The maximum absolute atomic E-state index is 13.8. The molecule has 0 N–H and O–H groups in total. The van der Waals surface area contributed by atoms with E-state index in [0.29, 0.717) is 5.69 Å². The molecule has 25 heavy (non-hydrogen) atoms. The summed E-state index contributed by atoms with van der Waals surface area (Å²) in [5.41, 5.74) is -1.74. The van der Waals surface area contributed by atoms with E-state index >= 15 is 0 Å². The highest BCUT2D eigenvalue weighted by atomic mass is 32.2. The van der Waals surface area contributed by atoms with Crippen molar-refractivity contribution in [3.8, 4) is 0 Å². The molecule has 1 unspecified atom stereocenters. The van der Waals surface area contributed by atoms with Gasteiger partial charge in [0.15, 0.2) is 5.17 Å². The van der Waals surface area contributed by atoms with Crippen LogP contribution in [0, 0.1) is 6.92 Å². The third kappa shape index (κ3) is 2.46. The molecule has 0 saturated carbocycles. The highest BCUT2D eigenvalue weighted by Crippen LogP contribution is 2.48. The number of carbonyl (C=O) groups excluding carboxylic acids is 1. The Morgan fingerprint density at radius 2 is 2.00 bits per heavy atom. The van der Waals surface area contributed by atoms with Gasteiger partial charge in [0, 0.05) is 19.0 Å². The van der Waals surface area contributed by atoms with Crippen LogP contribution in [0.15, 0.2) is 33.1 Å². The minimum atomic E-state index is -5.04. The zero-order valence-corrected chi connectivity index (χ0v) is 14.7. The number of halogens is 3. The number of aryl methyl sites for hydroxylation is 1. The third-order valence-corrected chi connectivity index (χ3v) is 4.81. The predicted octanol–water partition coefficient (Wildman–Crippen LogP) is 2.63. The standard InChI is InChI=1S/C15H15F3N4O2S/c1-8-6-5-7-9-10(8)22-12(21(2)3)19-14(11(23)24-4,15(16,17)18)20-13(22)25-9/h5-7H,1-4H3. The number of nitrogens with zero attached hydrogens (tertiary/aromatic N) is 4. The van der Waals surface area contributed by atoms with E-state index in [1.807, 2.05) is 19.1 Å². The molecule has 0 fully saturated rings. The smallest absolute Gasteiger partial charge is 0.446 e. The Hall–Kier alpha value is -2.23. The molecule has 1 aromatic carbocycles. The Bertz CT molecular complexity index is 806. The number of hydrogen-bond acceptors (Lipinski definition) is 7. The molecular weight excluding hydrogens is 357 g/mol. The number of para-hydroxylation sites is 1. The van der Waals surface area contributed by atoms with Crippen LogP contribution in [0.5, 0.6) is 0 Å². The van der Waals surface area contributed by atoms with Gasteiger partial charge in [-0.2, -0.15) is 13.2 Å². The lowest BCUT2D eigenvalue weighted by Crippen LogP contribution is -2.57. The number of guanidine groups is 1. The second kappa shape index (κ2) is 5.65. The minimum Gasteiger partial charge on any atom is -0.465 e. The van der Waals surface area contributed by atoms with E-state index in [0.717, 1.165) is 29.3 Å². The van der Waals surface area contributed by atoms with Crippen molar-refractivity contribution in [2.24, 2.45) is 9.98 Å². The Kier molecular flexibility index (Phi) is 3.98. The summed E-state index contributed by atoms with van der Waals surface area (Å²) in [6.07, 6.45) is -5.04. The van der Waals surface area contributed by atoms with Crippen LogP contribution in [0.3, 0.4) is 0 Å². The maximum Gasteiger partial charge on any atom is 0.446 e. The quantitative estimate of drug-likeness (QED) is 0.710. The van der Waals surface area contributed by atoms with Gasteiger partial charge in [-0.1, -0.05) is 12.1 Å². The fourth-order valence-corrected chi connectivity index (χ4v) is 3.77. The zero-order chi connectivity index (χ0) is 18.6. The molecule has 6 nitrogen and oxygen atoms in total. The van der Waals surface area contributed by atoms with Gasteiger partial charge in [0.2, 0.25) is 5.96 Å². The number of alkyl halides is 3. The van der Waals surface area contributed by atoms with Crippen LogP contribution in [-0.4, -0.2) is 55.0 Å². The number of esters is 1. The second-order valence-electron chi connectivity index (χ2n) is 5.72. The number of thioether (sulfide) groups is 1. The van der Waals surface area contributed by atoms with E-state index in [1.54, 1.807) is 20.2 Å².